The monoisotopic (exact) mass is 264 g/mol. The Morgan fingerprint density at radius 1 is 1.26 bits per heavy atom. The maximum atomic E-state index is 12.9. The highest BCUT2D eigenvalue weighted by atomic mass is 19.1. The van der Waals surface area contributed by atoms with Crippen molar-refractivity contribution in [2.24, 2.45) is 5.73 Å². The normalized spacial score (nSPS) is 15.7. The highest BCUT2D eigenvalue weighted by Gasteiger charge is 2.26. The number of carbonyl (C=O) groups excluding carboxylic acids is 1. The minimum atomic E-state index is -0.314. The Bertz CT molecular complexity index is 413. The van der Waals surface area contributed by atoms with Crippen LogP contribution in [-0.4, -0.2) is 29.9 Å². The van der Waals surface area contributed by atoms with Gasteiger partial charge in [0.15, 0.2) is 0 Å². The second-order valence-corrected chi connectivity index (χ2v) is 5.09. The van der Waals surface area contributed by atoms with E-state index in [4.69, 9.17) is 5.73 Å². The average molecular weight is 264 g/mol. The number of halogens is 1. The van der Waals surface area contributed by atoms with Crippen LogP contribution in [0.15, 0.2) is 24.3 Å². The number of amides is 1. The second-order valence-electron chi connectivity index (χ2n) is 5.09. The molecule has 4 heteroatoms. The van der Waals surface area contributed by atoms with Gasteiger partial charge in [0.25, 0.3) is 5.91 Å². The third-order valence-electron chi connectivity index (χ3n) is 3.72. The van der Waals surface area contributed by atoms with Gasteiger partial charge in [0.1, 0.15) is 5.82 Å². The van der Waals surface area contributed by atoms with E-state index in [1.165, 1.54) is 25.0 Å². The van der Waals surface area contributed by atoms with Crippen molar-refractivity contribution in [2.45, 2.75) is 38.1 Å². The van der Waals surface area contributed by atoms with Crippen molar-refractivity contribution in [2.75, 3.05) is 13.1 Å². The minimum absolute atomic E-state index is 0.000324. The predicted molar refractivity (Wildman–Crippen MR) is 73.4 cm³/mol. The summed E-state index contributed by atoms with van der Waals surface area (Å²) in [7, 11) is 0. The molecule has 1 aromatic rings. The van der Waals surface area contributed by atoms with Gasteiger partial charge in [-0.3, -0.25) is 4.79 Å². The molecule has 1 aliphatic rings. The van der Waals surface area contributed by atoms with E-state index in [2.05, 4.69) is 0 Å². The van der Waals surface area contributed by atoms with E-state index in [9.17, 15) is 9.18 Å². The molecule has 3 nitrogen and oxygen atoms in total. The lowest BCUT2D eigenvalue weighted by atomic mass is 10.1. The van der Waals surface area contributed by atoms with Gasteiger partial charge in [-0.2, -0.15) is 0 Å². The minimum Gasteiger partial charge on any atom is -0.336 e. The maximum absolute atomic E-state index is 12.9. The molecule has 1 saturated carbocycles. The van der Waals surface area contributed by atoms with Crippen molar-refractivity contribution in [3.63, 3.8) is 0 Å². The summed E-state index contributed by atoms with van der Waals surface area (Å²) in [6.07, 6.45) is 5.30. The number of hydrogen-bond donors (Lipinski definition) is 1. The molecule has 0 aliphatic heterocycles. The lowest BCUT2D eigenvalue weighted by molar-refractivity contribution is 0.0680. The highest BCUT2D eigenvalue weighted by molar-refractivity contribution is 5.94. The number of nitrogens with zero attached hydrogens (tertiary/aromatic N) is 1. The topological polar surface area (TPSA) is 46.3 Å². The third-order valence-corrected chi connectivity index (χ3v) is 3.72. The molecule has 0 radical (unpaired) electrons. The van der Waals surface area contributed by atoms with E-state index in [0.29, 0.717) is 24.7 Å². The summed E-state index contributed by atoms with van der Waals surface area (Å²) in [5, 5.41) is 0. The smallest absolute Gasteiger partial charge is 0.254 e. The van der Waals surface area contributed by atoms with E-state index in [1.54, 1.807) is 12.1 Å². The Morgan fingerprint density at radius 3 is 2.47 bits per heavy atom. The lowest BCUT2D eigenvalue weighted by Gasteiger charge is -2.29. The maximum Gasteiger partial charge on any atom is 0.254 e. The van der Waals surface area contributed by atoms with Crippen LogP contribution in [0, 0.1) is 5.82 Å². The Hall–Kier alpha value is -1.42. The molecule has 2 N–H and O–H groups in total. The standard InChI is InChI=1S/C15H21FN2O/c16-13-8-6-12(7-9-13)15(19)18(11-3-10-17)14-4-1-2-5-14/h6-9,14H,1-5,10-11,17H2. The number of nitrogens with two attached hydrogens (primary N) is 1. The second kappa shape index (κ2) is 6.66. The summed E-state index contributed by atoms with van der Waals surface area (Å²) < 4.78 is 12.9. The van der Waals surface area contributed by atoms with Gasteiger partial charge in [-0.25, -0.2) is 4.39 Å². The van der Waals surface area contributed by atoms with Crippen LogP contribution in [0.3, 0.4) is 0 Å². The van der Waals surface area contributed by atoms with Crippen molar-refractivity contribution in [3.05, 3.63) is 35.6 Å². The molecule has 1 aliphatic carbocycles. The van der Waals surface area contributed by atoms with E-state index < -0.39 is 0 Å². The molecule has 2 rings (SSSR count). The van der Waals surface area contributed by atoms with Crippen molar-refractivity contribution in [1.82, 2.24) is 4.90 Å². The van der Waals surface area contributed by atoms with Crippen molar-refractivity contribution in [3.8, 4) is 0 Å². The first-order valence-electron chi connectivity index (χ1n) is 6.99. The molecule has 0 atom stereocenters. The molecule has 0 unspecified atom stereocenters. The Labute approximate surface area is 113 Å². The van der Waals surface area contributed by atoms with Crippen LogP contribution in [0.5, 0.6) is 0 Å². The van der Waals surface area contributed by atoms with Gasteiger partial charge in [0.2, 0.25) is 0 Å². The molecule has 0 heterocycles. The van der Waals surface area contributed by atoms with Crippen molar-refractivity contribution in [1.29, 1.82) is 0 Å². The molecule has 0 bridgehead atoms. The van der Waals surface area contributed by atoms with Crippen LogP contribution in [0.4, 0.5) is 4.39 Å². The zero-order chi connectivity index (χ0) is 13.7. The van der Waals surface area contributed by atoms with Crippen LogP contribution < -0.4 is 5.73 Å². The van der Waals surface area contributed by atoms with Gasteiger partial charge < -0.3 is 10.6 Å². The molecular formula is C15H21FN2O. The molecule has 1 aromatic carbocycles. The van der Waals surface area contributed by atoms with E-state index >= 15 is 0 Å². The van der Waals surface area contributed by atoms with E-state index in [1.807, 2.05) is 4.90 Å². The molecule has 1 fully saturated rings. The zero-order valence-electron chi connectivity index (χ0n) is 11.1. The molecule has 0 saturated heterocycles. The first-order chi connectivity index (χ1) is 9.22. The number of rotatable bonds is 5. The predicted octanol–water partition coefficient (Wildman–Crippen LogP) is 2.56. The fourth-order valence-corrected chi connectivity index (χ4v) is 2.69. The lowest BCUT2D eigenvalue weighted by Crippen LogP contribution is -2.40. The SMILES string of the molecule is NCCCN(C(=O)c1ccc(F)cc1)C1CCCC1. The first kappa shape index (κ1) is 14.0. The van der Waals surface area contributed by atoms with Gasteiger partial charge in [-0.15, -0.1) is 0 Å². The van der Waals surface area contributed by atoms with Gasteiger partial charge in [-0.1, -0.05) is 12.8 Å². The third kappa shape index (κ3) is 3.53. The van der Waals surface area contributed by atoms with Gasteiger partial charge in [0, 0.05) is 18.2 Å². The number of carbonyl (C=O) groups is 1. The molecule has 1 amide bonds. The molecule has 19 heavy (non-hydrogen) atoms. The van der Waals surface area contributed by atoms with Gasteiger partial charge >= 0.3 is 0 Å². The summed E-state index contributed by atoms with van der Waals surface area (Å²) in [4.78, 5) is 14.4. The van der Waals surface area contributed by atoms with Gasteiger partial charge in [0.05, 0.1) is 0 Å². The Morgan fingerprint density at radius 2 is 1.89 bits per heavy atom. The molecule has 0 spiro atoms. The fraction of sp³-hybridized carbons (Fsp3) is 0.533. The van der Waals surface area contributed by atoms with Crippen LogP contribution in [0.25, 0.3) is 0 Å². The largest absolute Gasteiger partial charge is 0.336 e. The first-order valence-corrected chi connectivity index (χ1v) is 6.99. The van der Waals surface area contributed by atoms with E-state index in [0.717, 1.165) is 19.3 Å². The van der Waals surface area contributed by atoms with Crippen molar-refractivity contribution >= 4 is 5.91 Å². The number of hydrogen-bond acceptors (Lipinski definition) is 2. The van der Waals surface area contributed by atoms with Gasteiger partial charge in [-0.05, 0) is 50.1 Å². The van der Waals surface area contributed by atoms with Crippen molar-refractivity contribution < 1.29 is 9.18 Å². The van der Waals surface area contributed by atoms with Crippen LogP contribution in [-0.2, 0) is 0 Å². The summed E-state index contributed by atoms with van der Waals surface area (Å²) in [5.41, 5.74) is 6.11. The van der Waals surface area contributed by atoms with Crippen LogP contribution in [0.2, 0.25) is 0 Å². The Balaban J connectivity index is 2.11. The molecule has 104 valence electrons. The fourth-order valence-electron chi connectivity index (χ4n) is 2.69. The summed E-state index contributed by atoms with van der Waals surface area (Å²) >= 11 is 0. The molecular weight excluding hydrogens is 243 g/mol. The molecule has 0 aromatic heterocycles. The zero-order valence-corrected chi connectivity index (χ0v) is 11.1. The summed E-state index contributed by atoms with van der Waals surface area (Å²) in [6, 6.07) is 6.11. The van der Waals surface area contributed by atoms with Crippen LogP contribution in [0.1, 0.15) is 42.5 Å². The van der Waals surface area contributed by atoms with Crippen LogP contribution >= 0.6 is 0 Å². The quantitative estimate of drug-likeness (QED) is 0.888. The highest BCUT2D eigenvalue weighted by Crippen LogP contribution is 2.25. The van der Waals surface area contributed by atoms with E-state index in [-0.39, 0.29) is 11.7 Å². The number of benzene rings is 1. The average Bonchev–Trinajstić information content (AvgIpc) is 2.94. The summed E-state index contributed by atoms with van der Waals surface area (Å²) in [6.45, 7) is 1.28. The summed E-state index contributed by atoms with van der Waals surface area (Å²) in [5.74, 6) is -0.314. The Kier molecular flexibility index (Phi) is 4.91.